The molecule has 0 aromatic carbocycles. The molecule has 0 aromatic rings. The molecule has 1 heterocycles. The summed E-state index contributed by atoms with van der Waals surface area (Å²) in [5, 5.41) is 57.0. The first kappa shape index (κ1) is 72.6. The van der Waals surface area contributed by atoms with Gasteiger partial charge in [-0.3, -0.25) is 9.59 Å². The average molecular weight is 1090 g/mol. The van der Waals surface area contributed by atoms with E-state index in [4.69, 9.17) is 14.2 Å². The molecule has 0 aliphatic carbocycles. The van der Waals surface area contributed by atoms with E-state index >= 15 is 0 Å². The second kappa shape index (κ2) is 54.2. The third kappa shape index (κ3) is 41.6. The van der Waals surface area contributed by atoms with E-state index in [0.717, 1.165) is 116 Å². The predicted molar refractivity (Wildman–Crippen MR) is 324 cm³/mol. The van der Waals surface area contributed by atoms with Crippen molar-refractivity contribution in [1.82, 2.24) is 5.32 Å². The number of unbranched alkanes of at least 4 members (excludes halogenated alkanes) is 24. The summed E-state index contributed by atoms with van der Waals surface area (Å²) in [6, 6.07) is -1.04. The quantitative estimate of drug-likeness (QED) is 0.0195. The smallest absolute Gasteiger partial charge is 0.306 e. The van der Waals surface area contributed by atoms with E-state index in [2.05, 4.69) is 111 Å². The van der Waals surface area contributed by atoms with Crippen LogP contribution in [0.15, 0.2) is 97.2 Å². The van der Waals surface area contributed by atoms with Crippen LogP contribution in [0.25, 0.3) is 0 Å². The summed E-state index contributed by atoms with van der Waals surface area (Å²) < 4.78 is 17.6. The van der Waals surface area contributed by atoms with Crippen LogP contribution >= 0.6 is 0 Å². The molecule has 0 radical (unpaired) electrons. The zero-order valence-electron chi connectivity index (χ0n) is 49.5. The Morgan fingerprint density at radius 3 is 1.41 bits per heavy atom. The van der Waals surface area contributed by atoms with Gasteiger partial charge in [0.1, 0.15) is 24.4 Å². The van der Waals surface area contributed by atoms with Gasteiger partial charge < -0.3 is 45.1 Å². The summed E-state index contributed by atoms with van der Waals surface area (Å²) in [7, 11) is 0. The molecule has 1 aliphatic heterocycles. The van der Waals surface area contributed by atoms with E-state index in [1.54, 1.807) is 6.08 Å². The molecule has 0 bridgehead atoms. The number of carbonyl (C=O) groups excluding carboxylic acids is 2. The van der Waals surface area contributed by atoms with Crippen molar-refractivity contribution in [3.63, 3.8) is 0 Å². The fourth-order valence-corrected chi connectivity index (χ4v) is 9.24. The molecule has 1 fully saturated rings. The van der Waals surface area contributed by atoms with Gasteiger partial charge in [-0.05, 0) is 103 Å². The molecule has 1 amide bonds. The number of hydrogen-bond acceptors (Lipinski definition) is 10. The summed E-state index contributed by atoms with van der Waals surface area (Å²) >= 11 is 0. The maximum absolute atomic E-state index is 13.4. The lowest BCUT2D eigenvalue weighted by Crippen LogP contribution is -2.61. The molecule has 11 heteroatoms. The molecule has 448 valence electrons. The fourth-order valence-electron chi connectivity index (χ4n) is 9.24. The Balaban J connectivity index is 2.70. The highest BCUT2D eigenvalue weighted by Crippen LogP contribution is 2.26. The van der Waals surface area contributed by atoms with Crippen LogP contribution in [0.5, 0.6) is 0 Å². The van der Waals surface area contributed by atoms with Gasteiger partial charge in [-0.15, -0.1) is 0 Å². The number of allylic oxidation sites excluding steroid dienone is 15. The van der Waals surface area contributed by atoms with Crippen molar-refractivity contribution in [3.05, 3.63) is 97.2 Å². The molecule has 0 aromatic heterocycles. The van der Waals surface area contributed by atoms with Crippen molar-refractivity contribution in [1.29, 1.82) is 0 Å². The van der Waals surface area contributed by atoms with Gasteiger partial charge in [0.15, 0.2) is 12.4 Å². The minimum Gasteiger partial charge on any atom is -0.454 e. The predicted octanol–water partition coefficient (Wildman–Crippen LogP) is 15.1. The zero-order chi connectivity index (χ0) is 56.8. The molecule has 1 saturated heterocycles. The molecule has 8 atom stereocenters. The van der Waals surface area contributed by atoms with Crippen molar-refractivity contribution in [3.8, 4) is 0 Å². The Bertz CT molecular complexity index is 1630. The van der Waals surface area contributed by atoms with Crippen molar-refractivity contribution < 1.29 is 49.3 Å². The molecule has 1 rings (SSSR count). The number of esters is 1. The molecule has 0 saturated carbocycles. The number of ether oxygens (including phenoxy) is 3. The van der Waals surface area contributed by atoms with E-state index in [1.807, 2.05) is 6.08 Å². The Morgan fingerprint density at radius 1 is 0.513 bits per heavy atom. The van der Waals surface area contributed by atoms with Gasteiger partial charge in [0.25, 0.3) is 0 Å². The normalized spacial score (nSPS) is 19.6. The van der Waals surface area contributed by atoms with Crippen molar-refractivity contribution in [2.24, 2.45) is 0 Å². The van der Waals surface area contributed by atoms with Crippen LogP contribution in [-0.2, 0) is 23.8 Å². The second-order valence-electron chi connectivity index (χ2n) is 21.4. The van der Waals surface area contributed by atoms with E-state index in [9.17, 15) is 35.1 Å². The van der Waals surface area contributed by atoms with E-state index in [-0.39, 0.29) is 19.4 Å². The summed E-state index contributed by atoms with van der Waals surface area (Å²) in [6.07, 6.45) is 61.5. The first-order valence-corrected chi connectivity index (χ1v) is 31.5. The number of aliphatic hydroxyl groups excluding tert-OH is 5. The van der Waals surface area contributed by atoms with Gasteiger partial charge in [0, 0.05) is 6.42 Å². The highest BCUT2D eigenvalue weighted by Gasteiger charge is 2.47. The van der Waals surface area contributed by atoms with Crippen LogP contribution in [-0.4, -0.2) is 99.6 Å². The van der Waals surface area contributed by atoms with Gasteiger partial charge >= 0.3 is 5.97 Å². The highest BCUT2D eigenvalue weighted by molar-refractivity contribution is 5.80. The lowest BCUT2D eigenvalue weighted by atomic mass is 9.99. The summed E-state index contributed by atoms with van der Waals surface area (Å²) in [5.74, 6) is -1.23. The van der Waals surface area contributed by atoms with Gasteiger partial charge in [-0.2, -0.15) is 0 Å². The van der Waals surface area contributed by atoms with Gasteiger partial charge in [0.05, 0.1) is 25.4 Å². The highest BCUT2D eigenvalue weighted by atomic mass is 16.7. The van der Waals surface area contributed by atoms with Crippen LogP contribution < -0.4 is 5.32 Å². The van der Waals surface area contributed by atoms with Crippen molar-refractivity contribution in [2.75, 3.05) is 13.2 Å². The second-order valence-corrected chi connectivity index (χ2v) is 21.4. The third-order valence-corrected chi connectivity index (χ3v) is 14.2. The monoisotopic (exact) mass is 1090 g/mol. The molecule has 78 heavy (non-hydrogen) atoms. The average Bonchev–Trinajstić information content (AvgIpc) is 3.44. The van der Waals surface area contributed by atoms with E-state index in [1.165, 1.54) is 89.9 Å². The lowest BCUT2D eigenvalue weighted by Gasteiger charge is -2.41. The Morgan fingerprint density at radius 2 is 0.923 bits per heavy atom. The van der Waals surface area contributed by atoms with Gasteiger partial charge in [-0.1, -0.05) is 240 Å². The van der Waals surface area contributed by atoms with Crippen LogP contribution in [0.4, 0.5) is 0 Å². The molecular formula is C67H115NO10. The maximum Gasteiger partial charge on any atom is 0.306 e. The Kier molecular flexibility index (Phi) is 50.4. The number of nitrogens with one attached hydrogen (secondary N) is 1. The number of aliphatic hydroxyl groups is 5. The van der Waals surface area contributed by atoms with Crippen LogP contribution in [0, 0.1) is 0 Å². The SMILES string of the molecule is CC/C=C\C/C=C\C/C=C\C/C=C\C/C=C\C/C=C\CCCCCC(O)C(=O)NC(COC1OC(CO)C(O)C(O)C1OC(=O)CCCCCCCCC/C=C\CCCCCC)C(O)/C=C/CCCCCCCCCCCC. The number of amides is 1. The largest absolute Gasteiger partial charge is 0.454 e. The molecule has 11 nitrogen and oxygen atoms in total. The van der Waals surface area contributed by atoms with Crippen molar-refractivity contribution in [2.45, 2.75) is 301 Å². The van der Waals surface area contributed by atoms with Crippen LogP contribution in [0.1, 0.15) is 252 Å². The topological polar surface area (TPSA) is 175 Å². The van der Waals surface area contributed by atoms with Gasteiger partial charge in [-0.25, -0.2) is 0 Å². The molecule has 8 unspecified atom stereocenters. The number of rotatable bonds is 52. The van der Waals surface area contributed by atoms with E-state index in [0.29, 0.717) is 12.8 Å². The summed E-state index contributed by atoms with van der Waals surface area (Å²) in [4.78, 5) is 26.5. The molecule has 6 N–H and O–H groups in total. The minimum atomic E-state index is -1.62. The summed E-state index contributed by atoms with van der Waals surface area (Å²) in [6.45, 7) is 5.64. The maximum atomic E-state index is 13.4. The number of carbonyl (C=O) groups is 2. The summed E-state index contributed by atoms with van der Waals surface area (Å²) in [5.41, 5.74) is 0. The fraction of sp³-hybridized carbons (Fsp3) is 0.731. The Hall–Kier alpha value is -3.42. The minimum absolute atomic E-state index is 0.111. The molecule has 1 aliphatic rings. The first-order valence-electron chi connectivity index (χ1n) is 31.5. The molecule has 0 spiro atoms. The lowest BCUT2D eigenvalue weighted by molar-refractivity contribution is -0.305. The zero-order valence-corrected chi connectivity index (χ0v) is 49.5. The Labute approximate surface area is 475 Å². The van der Waals surface area contributed by atoms with Crippen LogP contribution in [0.2, 0.25) is 0 Å². The third-order valence-electron chi connectivity index (χ3n) is 14.2. The van der Waals surface area contributed by atoms with Crippen molar-refractivity contribution >= 4 is 11.9 Å². The standard InChI is InChI=1S/C67H115NO10/c1-4-7-10-13-16-19-22-25-27-28-29-30-31-32-33-35-36-39-42-45-48-51-54-60(71)66(75)68-58(59(70)53-50-47-44-41-38-24-21-18-15-12-9-6-3)57-76-67-65(64(74)63(73)61(56-69)77-67)78-62(72)55-52-49-46-43-40-37-34-26-23-20-17-14-11-8-5-2/h7,10,16,19-20,23,25,27,29-30,32-33,36,39,50,53,58-61,63-65,67,69-71,73-74H,4-6,8-9,11-15,17-18,21-22,24,26,28,31,34-35,37-38,40-49,51-52,54-57H2,1-3H3,(H,68,75)/b10-7-,19-16-,23-20-,27-25-,30-29-,33-32-,39-36-,53-50+. The molecular weight excluding hydrogens is 979 g/mol. The van der Waals surface area contributed by atoms with E-state index < -0.39 is 67.4 Å². The first-order chi connectivity index (χ1) is 38.2. The van der Waals surface area contributed by atoms with Crippen LogP contribution in [0.3, 0.4) is 0 Å². The van der Waals surface area contributed by atoms with Gasteiger partial charge in [0.2, 0.25) is 5.91 Å². The number of hydrogen-bond donors (Lipinski definition) is 6.